The fourth-order valence-electron chi connectivity index (χ4n) is 0.999. The van der Waals surface area contributed by atoms with Crippen molar-refractivity contribution in [3.8, 4) is 17.6 Å². The first-order valence-electron chi connectivity index (χ1n) is 5.36. The van der Waals surface area contributed by atoms with Crippen LogP contribution in [0.25, 0.3) is 0 Å². The highest BCUT2D eigenvalue weighted by Gasteiger charge is 2.03. The summed E-state index contributed by atoms with van der Waals surface area (Å²) in [6.45, 7) is 10.5. The Balaban J connectivity index is 2.45. The lowest BCUT2D eigenvalue weighted by molar-refractivity contribution is 0.357. The van der Waals surface area contributed by atoms with E-state index < -0.39 is 0 Å². The third-order valence-corrected chi connectivity index (χ3v) is 1.77. The molecule has 84 valence electrons. The predicted molar refractivity (Wildman–Crippen MR) is 68.3 cm³/mol. The average molecular weight is 214 g/mol. The van der Waals surface area contributed by atoms with Gasteiger partial charge >= 0.3 is 0 Å². The first kappa shape index (κ1) is 12.4. The Morgan fingerprint density at radius 3 is 2.44 bits per heavy atom. The molecule has 0 N–H and O–H groups in total. The SMILES string of the molecule is C=C(C#CC(C)(C)C)COc1ccccc1. The van der Waals surface area contributed by atoms with Gasteiger partial charge < -0.3 is 4.74 Å². The molecule has 0 saturated carbocycles. The highest BCUT2D eigenvalue weighted by atomic mass is 16.5. The minimum atomic E-state index is 0.00961. The standard InChI is InChI=1S/C15H18O/c1-13(10-11-15(2,3)4)12-16-14-8-6-5-7-9-14/h5-9H,1,12H2,2-4H3. The van der Waals surface area contributed by atoms with Gasteiger partial charge in [-0.3, -0.25) is 0 Å². The van der Waals surface area contributed by atoms with Gasteiger partial charge in [-0.2, -0.15) is 0 Å². The van der Waals surface area contributed by atoms with Gasteiger partial charge in [0.15, 0.2) is 0 Å². The van der Waals surface area contributed by atoms with Crippen molar-refractivity contribution in [3.63, 3.8) is 0 Å². The Bertz CT molecular complexity index is 399. The first-order valence-corrected chi connectivity index (χ1v) is 5.36. The van der Waals surface area contributed by atoms with E-state index in [9.17, 15) is 0 Å². The highest BCUT2D eigenvalue weighted by Crippen LogP contribution is 2.11. The molecule has 1 rings (SSSR count). The van der Waals surface area contributed by atoms with Crippen molar-refractivity contribution in [2.75, 3.05) is 6.61 Å². The van der Waals surface area contributed by atoms with Crippen LogP contribution < -0.4 is 4.74 Å². The molecule has 0 saturated heterocycles. The molecule has 16 heavy (non-hydrogen) atoms. The lowest BCUT2D eigenvalue weighted by Crippen LogP contribution is -2.02. The van der Waals surface area contributed by atoms with E-state index in [1.54, 1.807) is 0 Å². The lowest BCUT2D eigenvalue weighted by Gasteiger charge is -2.08. The van der Waals surface area contributed by atoms with Crippen LogP contribution in [0, 0.1) is 17.3 Å². The van der Waals surface area contributed by atoms with Crippen LogP contribution in [0.4, 0.5) is 0 Å². The third kappa shape index (κ3) is 5.26. The van der Waals surface area contributed by atoms with Crippen LogP contribution in [0.3, 0.4) is 0 Å². The molecule has 0 aliphatic carbocycles. The quantitative estimate of drug-likeness (QED) is 0.697. The van der Waals surface area contributed by atoms with Crippen molar-refractivity contribution in [1.29, 1.82) is 0 Å². The summed E-state index contributed by atoms with van der Waals surface area (Å²) in [4.78, 5) is 0. The smallest absolute Gasteiger partial charge is 0.120 e. The molecule has 0 bridgehead atoms. The molecular formula is C15H18O. The van der Waals surface area contributed by atoms with Crippen LogP contribution in [0.5, 0.6) is 5.75 Å². The van der Waals surface area contributed by atoms with Gasteiger partial charge in [-0.05, 0) is 32.9 Å². The second-order valence-electron chi connectivity index (χ2n) is 4.71. The van der Waals surface area contributed by atoms with E-state index in [1.807, 2.05) is 30.3 Å². The van der Waals surface area contributed by atoms with E-state index in [2.05, 4.69) is 39.2 Å². The first-order chi connectivity index (χ1) is 7.47. The minimum Gasteiger partial charge on any atom is -0.488 e. The van der Waals surface area contributed by atoms with Crippen molar-refractivity contribution in [3.05, 3.63) is 42.5 Å². The van der Waals surface area contributed by atoms with Crippen molar-refractivity contribution in [2.24, 2.45) is 5.41 Å². The maximum atomic E-state index is 5.53. The number of ether oxygens (including phenoxy) is 1. The van der Waals surface area contributed by atoms with E-state index in [1.165, 1.54) is 0 Å². The number of hydrogen-bond acceptors (Lipinski definition) is 1. The number of benzene rings is 1. The third-order valence-electron chi connectivity index (χ3n) is 1.77. The molecule has 1 aromatic rings. The van der Waals surface area contributed by atoms with E-state index in [0.717, 1.165) is 11.3 Å². The van der Waals surface area contributed by atoms with Crippen LogP contribution >= 0.6 is 0 Å². The van der Waals surface area contributed by atoms with Gasteiger partial charge in [0, 0.05) is 11.0 Å². The summed E-state index contributed by atoms with van der Waals surface area (Å²) in [6, 6.07) is 9.69. The average Bonchev–Trinajstić information content (AvgIpc) is 2.24. The molecule has 1 heteroatoms. The fraction of sp³-hybridized carbons (Fsp3) is 0.333. The van der Waals surface area contributed by atoms with Crippen LogP contribution in [0.15, 0.2) is 42.5 Å². The van der Waals surface area contributed by atoms with Gasteiger partial charge in [-0.1, -0.05) is 36.6 Å². The summed E-state index contributed by atoms with van der Waals surface area (Å²) in [5.74, 6) is 7.00. The fourth-order valence-corrected chi connectivity index (χ4v) is 0.999. The molecule has 1 aromatic carbocycles. The summed E-state index contributed by atoms with van der Waals surface area (Å²) >= 11 is 0. The summed E-state index contributed by atoms with van der Waals surface area (Å²) in [7, 11) is 0. The molecule has 0 aliphatic heterocycles. The summed E-state index contributed by atoms with van der Waals surface area (Å²) in [6.07, 6.45) is 0. The van der Waals surface area contributed by atoms with E-state index in [4.69, 9.17) is 4.74 Å². The van der Waals surface area contributed by atoms with E-state index in [0.29, 0.717) is 6.61 Å². The van der Waals surface area contributed by atoms with Crippen LogP contribution in [-0.2, 0) is 0 Å². The zero-order valence-corrected chi connectivity index (χ0v) is 10.2. The van der Waals surface area contributed by atoms with Crippen LogP contribution in [-0.4, -0.2) is 6.61 Å². The molecule has 0 amide bonds. The summed E-state index contributed by atoms with van der Waals surface area (Å²) in [5.41, 5.74) is 0.814. The molecule has 0 aliphatic rings. The largest absolute Gasteiger partial charge is 0.488 e. The Kier molecular flexibility index (Phi) is 4.19. The minimum absolute atomic E-state index is 0.00961. The second-order valence-corrected chi connectivity index (χ2v) is 4.71. The molecule has 0 aromatic heterocycles. The maximum absolute atomic E-state index is 5.53. The Morgan fingerprint density at radius 2 is 1.88 bits per heavy atom. The molecule has 0 unspecified atom stereocenters. The Labute approximate surface area is 98.1 Å². The topological polar surface area (TPSA) is 9.23 Å². The summed E-state index contributed by atoms with van der Waals surface area (Å²) < 4.78 is 5.53. The van der Waals surface area contributed by atoms with Gasteiger partial charge in [-0.15, -0.1) is 0 Å². The molecule has 0 fully saturated rings. The van der Waals surface area contributed by atoms with Gasteiger partial charge in [0.25, 0.3) is 0 Å². The van der Waals surface area contributed by atoms with Crippen molar-refractivity contribution in [1.82, 2.24) is 0 Å². The van der Waals surface area contributed by atoms with Crippen LogP contribution in [0.1, 0.15) is 20.8 Å². The number of hydrogen-bond donors (Lipinski definition) is 0. The molecule has 1 nitrogen and oxygen atoms in total. The van der Waals surface area contributed by atoms with Crippen LogP contribution in [0.2, 0.25) is 0 Å². The van der Waals surface area contributed by atoms with Crippen molar-refractivity contribution in [2.45, 2.75) is 20.8 Å². The monoisotopic (exact) mass is 214 g/mol. The molecule has 0 radical (unpaired) electrons. The zero-order valence-electron chi connectivity index (χ0n) is 10.2. The number of rotatable bonds is 3. The van der Waals surface area contributed by atoms with Crippen molar-refractivity contribution < 1.29 is 4.74 Å². The molecule has 0 spiro atoms. The van der Waals surface area contributed by atoms with Gasteiger partial charge in [-0.25, -0.2) is 0 Å². The zero-order chi connectivity index (χ0) is 12.0. The second kappa shape index (κ2) is 5.42. The molecular weight excluding hydrogens is 196 g/mol. The number of para-hydroxylation sites is 1. The normalized spacial score (nSPS) is 10.2. The van der Waals surface area contributed by atoms with E-state index in [-0.39, 0.29) is 5.41 Å². The van der Waals surface area contributed by atoms with Gasteiger partial charge in [0.1, 0.15) is 12.4 Å². The Hall–Kier alpha value is -1.68. The van der Waals surface area contributed by atoms with E-state index >= 15 is 0 Å². The van der Waals surface area contributed by atoms with Gasteiger partial charge in [0.2, 0.25) is 0 Å². The summed E-state index contributed by atoms with van der Waals surface area (Å²) in [5, 5.41) is 0. The van der Waals surface area contributed by atoms with Crippen molar-refractivity contribution >= 4 is 0 Å². The lowest BCUT2D eigenvalue weighted by atomic mass is 9.97. The Morgan fingerprint density at radius 1 is 1.25 bits per heavy atom. The maximum Gasteiger partial charge on any atom is 0.120 e. The molecule has 0 heterocycles. The molecule has 0 atom stereocenters. The predicted octanol–water partition coefficient (Wildman–Crippen LogP) is 3.67. The highest BCUT2D eigenvalue weighted by molar-refractivity contribution is 5.29. The van der Waals surface area contributed by atoms with Gasteiger partial charge in [0.05, 0.1) is 0 Å².